The molecule has 0 spiro atoms. The second-order valence-electron chi connectivity index (χ2n) is 7.79. The SMILES string of the molecule is CC[C@H](C(=O)NCC(C)C)N(Cc1ccc(C)cc1)C(=O)COc1ccccc1Cl. The maximum Gasteiger partial charge on any atom is 0.261 e. The number of amides is 2. The van der Waals surface area contributed by atoms with Crippen LogP contribution in [0.2, 0.25) is 5.02 Å². The van der Waals surface area contributed by atoms with E-state index in [0.717, 1.165) is 11.1 Å². The van der Waals surface area contributed by atoms with Crippen molar-refractivity contribution in [2.75, 3.05) is 13.2 Å². The van der Waals surface area contributed by atoms with Crippen LogP contribution in [0.1, 0.15) is 38.3 Å². The Morgan fingerprint density at radius 3 is 2.37 bits per heavy atom. The maximum atomic E-state index is 13.1. The molecule has 30 heavy (non-hydrogen) atoms. The van der Waals surface area contributed by atoms with Crippen molar-refractivity contribution in [3.63, 3.8) is 0 Å². The lowest BCUT2D eigenvalue weighted by Gasteiger charge is -2.31. The van der Waals surface area contributed by atoms with Gasteiger partial charge in [-0.15, -0.1) is 0 Å². The van der Waals surface area contributed by atoms with Crippen LogP contribution in [-0.4, -0.2) is 35.9 Å². The molecule has 6 heteroatoms. The van der Waals surface area contributed by atoms with E-state index in [9.17, 15) is 9.59 Å². The number of rotatable bonds is 10. The van der Waals surface area contributed by atoms with E-state index >= 15 is 0 Å². The number of nitrogens with zero attached hydrogens (tertiary/aromatic N) is 1. The number of hydrogen-bond acceptors (Lipinski definition) is 3. The Morgan fingerprint density at radius 2 is 1.77 bits per heavy atom. The smallest absolute Gasteiger partial charge is 0.261 e. The highest BCUT2D eigenvalue weighted by atomic mass is 35.5. The molecule has 0 radical (unpaired) electrons. The zero-order valence-electron chi connectivity index (χ0n) is 18.2. The number of benzene rings is 2. The number of hydrogen-bond donors (Lipinski definition) is 1. The molecule has 0 bridgehead atoms. The number of aryl methyl sites for hydroxylation is 1. The summed E-state index contributed by atoms with van der Waals surface area (Å²) in [6, 6.07) is 14.4. The van der Waals surface area contributed by atoms with Gasteiger partial charge in [-0.25, -0.2) is 0 Å². The Bertz CT molecular complexity index is 837. The molecule has 0 aliphatic rings. The van der Waals surface area contributed by atoms with Crippen molar-refractivity contribution < 1.29 is 14.3 Å². The molecule has 0 heterocycles. The van der Waals surface area contributed by atoms with Crippen molar-refractivity contribution in [3.8, 4) is 5.75 Å². The summed E-state index contributed by atoms with van der Waals surface area (Å²) in [5.41, 5.74) is 2.10. The normalized spacial score (nSPS) is 11.8. The van der Waals surface area contributed by atoms with Gasteiger partial charge in [-0.3, -0.25) is 9.59 Å². The fourth-order valence-electron chi connectivity index (χ4n) is 3.02. The third-order valence-corrected chi connectivity index (χ3v) is 5.04. The van der Waals surface area contributed by atoms with Gasteiger partial charge in [0, 0.05) is 13.1 Å². The first-order valence-electron chi connectivity index (χ1n) is 10.3. The first-order chi connectivity index (χ1) is 14.3. The van der Waals surface area contributed by atoms with Gasteiger partial charge in [0.1, 0.15) is 11.8 Å². The van der Waals surface area contributed by atoms with E-state index in [1.165, 1.54) is 0 Å². The van der Waals surface area contributed by atoms with Gasteiger partial charge in [0.25, 0.3) is 5.91 Å². The number of para-hydroxylation sites is 1. The molecular formula is C24H31ClN2O3. The third-order valence-electron chi connectivity index (χ3n) is 4.73. The highest BCUT2D eigenvalue weighted by molar-refractivity contribution is 6.32. The Morgan fingerprint density at radius 1 is 1.10 bits per heavy atom. The lowest BCUT2D eigenvalue weighted by molar-refractivity contribution is -0.143. The van der Waals surface area contributed by atoms with Crippen LogP contribution in [0.15, 0.2) is 48.5 Å². The highest BCUT2D eigenvalue weighted by Crippen LogP contribution is 2.23. The molecule has 1 atom stereocenters. The summed E-state index contributed by atoms with van der Waals surface area (Å²) in [6.07, 6.45) is 0.508. The van der Waals surface area contributed by atoms with Crippen LogP contribution in [0.25, 0.3) is 0 Å². The molecule has 2 aromatic carbocycles. The van der Waals surface area contributed by atoms with Crippen molar-refractivity contribution in [3.05, 3.63) is 64.7 Å². The monoisotopic (exact) mass is 430 g/mol. The Hall–Kier alpha value is -2.53. The molecule has 2 amide bonds. The third kappa shape index (κ3) is 7.06. The zero-order valence-corrected chi connectivity index (χ0v) is 18.9. The van der Waals surface area contributed by atoms with E-state index in [1.807, 2.05) is 52.0 Å². The number of ether oxygens (including phenoxy) is 1. The van der Waals surface area contributed by atoms with E-state index in [1.54, 1.807) is 29.2 Å². The number of carbonyl (C=O) groups is 2. The minimum Gasteiger partial charge on any atom is -0.482 e. The maximum absolute atomic E-state index is 13.1. The number of carbonyl (C=O) groups excluding carboxylic acids is 2. The second kappa shape index (κ2) is 11.6. The lowest BCUT2D eigenvalue weighted by atomic mass is 10.1. The average molecular weight is 431 g/mol. The van der Waals surface area contributed by atoms with Gasteiger partial charge < -0.3 is 15.0 Å². The summed E-state index contributed by atoms with van der Waals surface area (Å²) in [5.74, 6) is 0.364. The van der Waals surface area contributed by atoms with E-state index < -0.39 is 6.04 Å². The first-order valence-corrected chi connectivity index (χ1v) is 10.7. The molecule has 0 fully saturated rings. The summed E-state index contributed by atoms with van der Waals surface area (Å²) in [4.78, 5) is 27.5. The predicted octanol–water partition coefficient (Wildman–Crippen LogP) is 4.61. The molecule has 0 aliphatic heterocycles. The van der Waals surface area contributed by atoms with Crippen molar-refractivity contribution in [2.24, 2.45) is 5.92 Å². The summed E-state index contributed by atoms with van der Waals surface area (Å²) < 4.78 is 5.65. The first kappa shape index (κ1) is 23.7. The van der Waals surface area contributed by atoms with E-state index in [2.05, 4.69) is 5.32 Å². The van der Waals surface area contributed by atoms with E-state index in [0.29, 0.717) is 36.2 Å². The summed E-state index contributed by atoms with van der Waals surface area (Å²) in [7, 11) is 0. The van der Waals surface area contributed by atoms with Gasteiger partial charge in [0.15, 0.2) is 6.61 Å². The number of halogens is 1. The largest absolute Gasteiger partial charge is 0.482 e. The summed E-state index contributed by atoms with van der Waals surface area (Å²) in [6.45, 7) is 8.70. The van der Waals surface area contributed by atoms with Crippen LogP contribution < -0.4 is 10.1 Å². The topological polar surface area (TPSA) is 58.6 Å². The van der Waals surface area contributed by atoms with Gasteiger partial charge in [-0.05, 0) is 37.0 Å². The Balaban J connectivity index is 2.19. The molecule has 162 valence electrons. The van der Waals surface area contributed by atoms with Crippen LogP contribution in [0, 0.1) is 12.8 Å². The molecule has 0 unspecified atom stereocenters. The fraction of sp³-hybridized carbons (Fsp3) is 0.417. The molecule has 0 aromatic heterocycles. The van der Waals surface area contributed by atoms with Crippen molar-refractivity contribution in [1.29, 1.82) is 0 Å². The van der Waals surface area contributed by atoms with Crippen molar-refractivity contribution >= 4 is 23.4 Å². The highest BCUT2D eigenvalue weighted by Gasteiger charge is 2.29. The van der Waals surface area contributed by atoms with Crippen molar-refractivity contribution in [2.45, 2.75) is 46.7 Å². The molecule has 0 saturated carbocycles. The Kier molecular flexibility index (Phi) is 9.18. The van der Waals surface area contributed by atoms with Gasteiger partial charge >= 0.3 is 0 Å². The quantitative estimate of drug-likeness (QED) is 0.598. The summed E-state index contributed by atoms with van der Waals surface area (Å²) in [5, 5.41) is 3.39. The lowest BCUT2D eigenvalue weighted by Crippen LogP contribution is -2.50. The molecular weight excluding hydrogens is 400 g/mol. The molecule has 2 rings (SSSR count). The summed E-state index contributed by atoms with van der Waals surface area (Å²) >= 11 is 6.13. The van der Waals surface area contributed by atoms with Crippen LogP contribution in [0.3, 0.4) is 0 Å². The molecule has 1 N–H and O–H groups in total. The van der Waals surface area contributed by atoms with Gasteiger partial charge in [0.2, 0.25) is 5.91 Å². The van der Waals surface area contributed by atoms with Crippen molar-refractivity contribution in [1.82, 2.24) is 10.2 Å². The van der Waals surface area contributed by atoms with Gasteiger partial charge in [-0.2, -0.15) is 0 Å². The number of nitrogens with one attached hydrogen (secondary N) is 1. The van der Waals surface area contributed by atoms with Gasteiger partial charge in [-0.1, -0.05) is 74.3 Å². The molecule has 2 aromatic rings. The molecule has 0 saturated heterocycles. The van der Waals surface area contributed by atoms with Crippen LogP contribution in [-0.2, 0) is 16.1 Å². The minimum atomic E-state index is -0.576. The van der Waals surface area contributed by atoms with Crippen LogP contribution in [0.5, 0.6) is 5.75 Å². The Labute approximate surface area is 184 Å². The predicted molar refractivity (Wildman–Crippen MR) is 121 cm³/mol. The van der Waals surface area contributed by atoms with Crippen LogP contribution in [0.4, 0.5) is 0 Å². The standard InChI is InChI=1S/C24H31ClN2O3/c1-5-21(24(29)26-14-17(2)3)27(15-19-12-10-18(4)11-13-19)23(28)16-30-22-9-7-6-8-20(22)25/h6-13,17,21H,5,14-16H2,1-4H3,(H,26,29)/t21-/m1/s1. The molecule has 0 aliphatic carbocycles. The van der Waals surface area contributed by atoms with E-state index in [4.69, 9.17) is 16.3 Å². The zero-order chi connectivity index (χ0) is 22.1. The minimum absolute atomic E-state index is 0.149. The second-order valence-corrected chi connectivity index (χ2v) is 8.20. The fourth-order valence-corrected chi connectivity index (χ4v) is 3.21. The average Bonchev–Trinajstić information content (AvgIpc) is 2.72. The molecule has 5 nitrogen and oxygen atoms in total. The van der Waals surface area contributed by atoms with E-state index in [-0.39, 0.29) is 18.4 Å². The van der Waals surface area contributed by atoms with Gasteiger partial charge in [0.05, 0.1) is 5.02 Å². The van der Waals surface area contributed by atoms with Crippen LogP contribution >= 0.6 is 11.6 Å².